The number of para-hydroxylation sites is 1. The first-order chi connectivity index (χ1) is 10.8. The molecule has 1 atom stereocenters. The van der Waals surface area contributed by atoms with Gasteiger partial charge in [0, 0.05) is 18.2 Å². The minimum Gasteiger partial charge on any atom is -0.493 e. The highest BCUT2D eigenvalue weighted by atomic mass is 35.5. The molecule has 2 aliphatic heterocycles. The average molecular weight is 341 g/mol. The van der Waals surface area contributed by atoms with Gasteiger partial charge in [-0.3, -0.25) is 4.90 Å². The molecule has 0 radical (unpaired) electrons. The van der Waals surface area contributed by atoms with Crippen molar-refractivity contribution in [2.24, 2.45) is 5.92 Å². The van der Waals surface area contributed by atoms with Gasteiger partial charge in [-0.1, -0.05) is 12.1 Å². The Hall–Kier alpha value is -0.970. The second kappa shape index (κ2) is 8.76. The molecule has 2 aliphatic rings. The van der Waals surface area contributed by atoms with E-state index in [1.54, 1.807) is 14.2 Å². The minimum atomic E-state index is 0. The second-order valence-corrected chi connectivity index (χ2v) is 6.47. The minimum absolute atomic E-state index is 0. The Labute approximate surface area is 145 Å². The summed E-state index contributed by atoms with van der Waals surface area (Å²) >= 11 is 0. The monoisotopic (exact) mass is 340 g/mol. The molecule has 1 unspecified atom stereocenters. The van der Waals surface area contributed by atoms with Gasteiger partial charge in [0.15, 0.2) is 11.5 Å². The normalized spacial score (nSPS) is 22.6. The Morgan fingerprint density at radius 2 is 1.91 bits per heavy atom. The van der Waals surface area contributed by atoms with Gasteiger partial charge >= 0.3 is 0 Å². The van der Waals surface area contributed by atoms with Crippen LogP contribution in [0.2, 0.25) is 0 Å². The van der Waals surface area contributed by atoms with E-state index in [1.165, 1.54) is 50.9 Å². The van der Waals surface area contributed by atoms with Crippen LogP contribution in [-0.2, 0) is 6.54 Å². The van der Waals surface area contributed by atoms with Crippen LogP contribution in [0.3, 0.4) is 0 Å². The molecule has 4 nitrogen and oxygen atoms in total. The van der Waals surface area contributed by atoms with Crippen molar-refractivity contribution >= 4 is 12.4 Å². The number of halogens is 1. The van der Waals surface area contributed by atoms with E-state index in [0.717, 1.165) is 30.0 Å². The van der Waals surface area contributed by atoms with Crippen LogP contribution in [0.15, 0.2) is 18.2 Å². The van der Waals surface area contributed by atoms with E-state index in [4.69, 9.17) is 9.47 Å². The van der Waals surface area contributed by atoms with Gasteiger partial charge in [0.25, 0.3) is 0 Å². The van der Waals surface area contributed by atoms with Gasteiger partial charge in [-0.05, 0) is 57.3 Å². The fraction of sp³-hybridized carbons (Fsp3) is 0.667. The first kappa shape index (κ1) is 18.4. The molecule has 130 valence electrons. The number of nitrogens with one attached hydrogen (secondary N) is 1. The molecule has 1 N–H and O–H groups in total. The van der Waals surface area contributed by atoms with Crippen LogP contribution in [0.25, 0.3) is 0 Å². The van der Waals surface area contributed by atoms with Crippen molar-refractivity contribution < 1.29 is 9.47 Å². The quantitative estimate of drug-likeness (QED) is 0.893. The van der Waals surface area contributed by atoms with Gasteiger partial charge < -0.3 is 14.8 Å². The number of ether oxygens (including phenoxy) is 2. The molecule has 0 spiro atoms. The zero-order valence-corrected chi connectivity index (χ0v) is 15.0. The smallest absolute Gasteiger partial charge is 0.165 e. The van der Waals surface area contributed by atoms with Crippen LogP contribution in [0.5, 0.6) is 11.5 Å². The lowest BCUT2D eigenvalue weighted by Gasteiger charge is -2.35. The molecule has 23 heavy (non-hydrogen) atoms. The van der Waals surface area contributed by atoms with E-state index in [2.05, 4.69) is 16.3 Å². The third-order valence-electron chi connectivity index (χ3n) is 5.18. The van der Waals surface area contributed by atoms with E-state index in [0.29, 0.717) is 0 Å². The van der Waals surface area contributed by atoms with E-state index in [-0.39, 0.29) is 12.4 Å². The number of nitrogens with zero attached hydrogens (tertiary/aromatic N) is 1. The topological polar surface area (TPSA) is 33.7 Å². The van der Waals surface area contributed by atoms with Crippen LogP contribution < -0.4 is 14.8 Å². The molecule has 1 aromatic rings. The molecular weight excluding hydrogens is 312 g/mol. The molecule has 2 saturated heterocycles. The summed E-state index contributed by atoms with van der Waals surface area (Å²) in [6, 6.07) is 6.92. The van der Waals surface area contributed by atoms with Crippen molar-refractivity contribution in [2.75, 3.05) is 33.9 Å². The summed E-state index contributed by atoms with van der Waals surface area (Å²) in [5.74, 6) is 2.57. The number of rotatable bonds is 5. The Morgan fingerprint density at radius 3 is 2.52 bits per heavy atom. The average Bonchev–Trinajstić information content (AvgIpc) is 3.09. The largest absolute Gasteiger partial charge is 0.493 e. The first-order valence-electron chi connectivity index (χ1n) is 8.47. The molecule has 0 aliphatic carbocycles. The molecule has 0 bridgehead atoms. The molecule has 0 saturated carbocycles. The lowest BCUT2D eigenvalue weighted by atomic mass is 9.88. The van der Waals surface area contributed by atoms with E-state index in [9.17, 15) is 0 Å². The SMILES string of the molecule is COc1cccc(CN2CCC(C3CCCN3)CC2)c1OC.Cl. The molecule has 1 aromatic carbocycles. The molecule has 0 aromatic heterocycles. The molecule has 2 fully saturated rings. The van der Waals surface area contributed by atoms with Gasteiger partial charge in [-0.2, -0.15) is 0 Å². The van der Waals surface area contributed by atoms with E-state index >= 15 is 0 Å². The number of likely N-dealkylation sites (tertiary alicyclic amines) is 1. The third-order valence-corrected chi connectivity index (χ3v) is 5.18. The van der Waals surface area contributed by atoms with Crippen LogP contribution >= 0.6 is 12.4 Å². The summed E-state index contributed by atoms with van der Waals surface area (Å²) in [7, 11) is 3.42. The van der Waals surface area contributed by atoms with Crippen LogP contribution in [0.4, 0.5) is 0 Å². The van der Waals surface area contributed by atoms with Gasteiger partial charge in [0.1, 0.15) is 0 Å². The summed E-state index contributed by atoms with van der Waals surface area (Å²) in [5, 5.41) is 3.67. The molecule has 0 amide bonds. The summed E-state index contributed by atoms with van der Waals surface area (Å²) in [6.45, 7) is 4.53. The summed E-state index contributed by atoms with van der Waals surface area (Å²) in [4.78, 5) is 2.54. The Kier molecular flexibility index (Phi) is 7.00. The number of piperidine rings is 1. The maximum absolute atomic E-state index is 5.55. The van der Waals surface area contributed by atoms with Crippen LogP contribution in [0, 0.1) is 5.92 Å². The van der Waals surface area contributed by atoms with E-state index < -0.39 is 0 Å². The van der Waals surface area contributed by atoms with Crippen LogP contribution in [0.1, 0.15) is 31.2 Å². The molecular formula is C18H29ClN2O2. The Balaban J connectivity index is 0.00000192. The highest BCUT2D eigenvalue weighted by Gasteiger charge is 2.28. The number of methoxy groups -OCH3 is 2. The zero-order valence-electron chi connectivity index (χ0n) is 14.2. The fourth-order valence-corrected chi connectivity index (χ4v) is 3.95. The van der Waals surface area contributed by atoms with Gasteiger partial charge in [-0.25, -0.2) is 0 Å². The lowest BCUT2D eigenvalue weighted by molar-refractivity contribution is 0.156. The Bertz CT molecular complexity index is 484. The predicted molar refractivity (Wildman–Crippen MR) is 95.8 cm³/mol. The first-order valence-corrected chi connectivity index (χ1v) is 8.47. The lowest BCUT2D eigenvalue weighted by Crippen LogP contribution is -2.40. The number of hydrogen-bond donors (Lipinski definition) is 1. The molecule has 3 rings (SSSR count). The molecule has 5 heteroatoms. The fourth-order valence-electron chi connectivity index (χ4n) is 3.95. The number of benzene rings is 1. The van der Waals surface area contributed by atoms with Crippen molar-refractivity contribution in [1.82, 2.24) is 10.2 Å². The second-order valence-electron chi connectivity index (χ2n) is 6.47. The van der Waals surface area contributed by atoms with Crippen LogP contribution in [-0.4, -0.2) is 44.8 Å². The van der Waals surface area contributed by atoms with Gasteiger partial charge in [0.2, 0.25) is 0 Å². The highest BCUT2D eigenvalue weighted by molar-refractivity contribution is 5.85. The van der Waals surface area contributed by atoms with Crippen molar-refractivity contribution in [3.63, 3.8) is 0 Å². The zero-order chi connectivity index (χ0) is 15.4. The van der Waals surface area contributed by atoms with Gasteiger partial charge in [0.05, 0.1) is 14.2 Å². The summed E-state index contributed by atoms with van der Waals surface area (Å²) in [6.07, 6.45) is 5.34. The van der Waals surface area contributed by atoms with Crippen molar-refractivity contribution in [1.29, 1.82) is 0 Å². The summed E-state index contributed by atoms with van der Waals surface area (Å²) < 4.78 is 10.9. The highest BCUT2D eigenvalue weighted by Crippen LogP contribution is 2.33. The maximum Gasteiger partial charge on any atom is 0.165 e. The molecule has 2 heterocycles. The third kappa shape index (κ3) is 4.31. The van der Waals surface area contributed by atoms with Crippen molar-refractivity contribution in [2.45, 2.75) is 38.3 Å². The Morgan fingerprint density at radius 1 is 1.13 bits per heavy atom. The van der Waals surface area contributed by atoms with E-state index in [1.807, 2.05) is 12.1 Å². The van der Waals surface area contributed by atoms with Gasteiger partial charge in [-0.15, -0.1) is 12.4 Å². The summed E-state index contributed by atoms with van der Waals surface area (Å²) in [5.41, 5.74) is 1.22. The number of hydrogen-bond acceptors (Lipinski definition) is 4. The van der Waals surface area contributed by atoms with Crippen molar-refractivity contribution in [3.05, 3.63) is 23.8 Å². The standard InChI is InChI=1S/C18H28N2O2.ClH/c1-21-17-7-3-5-15(18(17)22-2)13-20-11-8-14(9-12-20)16-6-4-10-19-16;/h3,5,7,14,16,19H,4,6,8-13H2,1-2H3;1H. The van der Waals surface area contributed by atoms with Crippen molar-refractivity contribution in [3.8, 4) is 11.5 Å². The predicted octanol–water partition coefficient (Wildman–Crippen LogP) is 3.09. The maximum atomic E-state index is 5.55.